The molecule has 27 heavy (non-hydrogen) atoms. The molecule has 1 fully saturated rings. The summed E-state index contributed by atoms with van der Waals surface area (Å²) in [4.78, 5) is 15.0. The molecule has 1 N–H and O–H groups in total. The van der Waals surface area contributed by atoms with Crippen LogP contribution in [0.5, 0.6) is 5.75 Å². The van der Waals surface area contributed by atoms with Gasteiger partial charge in [-0.2, -0.15) is 26.3 Å². The van der Waals surface area contributed by atoms with Crippen LogP contribution in [0.2, 0.25) is 0 Å². The first-order chi connectivity index (χ1) is 12.5. The van der Waals surface area contributed by atoms with E-state index in [0.29, 0.717) is 25.3 Å². The quantitative estimate of drug-likeness (QED) is 0.739. The van der Waals surface area contributed by atoms with Crippen LogP contribution in [0.4, 0.5) is 32.0 Å². The number of ether oxygens (including phenoxy) is 1. The van der Waals surface area contributed by atoms with Crippen LogP contribution in [-0.4, -0.2) is 29.9 Å². The summed E-state index contributed by atoms with van der Waals surface area (Å²) in [7, 11) is 0. The van der Waals surface area contributed by atoms with Crippen molar-refractivity contribution in [1.82, 2.24) is 4.98 Å². The van der Waals surface area contributed by atoms with Gasteiger partial charge in [-0.25, -0.2) is 0 Å². The normalized spacial score (nSPS) is 22.5. The fourth-order valence-electron chi connectivity index (χ4n) is 4.01. The molecular weight excluding hydrogens is 378 g/mol. The van der Waals surface area contributed by atoms with Crippen molar-refractivity contribution in [3.8, 4) is 5.75 Å². The number of fused-ring (bicyclic) bond motifs is 4. The zero-order valence-electron chi connectivity index (χ0n) is 13.7. The smallest absolute Gasteiger partial charge is 0.417 e. The topological polar surface area (TPSA) is 45.3 Å². The number of alkyl halides is 6. The number of aromatic nitrogens is 1. The van der Waals surface area contributed by atoms with Crippen LogP contribution in [0.3, 0.4) is 0 Å². The third kappa shape index (κ3) is 3.10. The van der Waals surface area contributed by atoms with E-state index in [2.05, 4.69) is 4.98 Å². The van der Waals surface area contributed by atoms with Crippen molar-refractivity contribution in [2.45, 2.75) is 43.8 Å². The Kier molecular flexibility index (Phi) is 3.87. The summed E-state index contributed by atoms with van der Waals surface area (Å²) in [5.74, 6) is -0.261. The van der Waals surface area contributed by atoms with E-state index in [9.17, 15) is 31.1 Å². The van der Waals surface area contributed by atoms with E-state index in [1.54, 1.807) is 0 Å². The minimum Gasteiger partial charge on any atom is -0.485 e. The Hall–Kier alpha value is -2.39. The lowest BCUT2D eigenvalue weighted by Gasteiger charge is -2.41. The molecule has 10 heteroatoms. The van der Waals surface area contributed by atoms with E-state index < -0.39 is 47.6 Å². The van der Waals surface area contributed by atoms with Crippen LogP contribution in [-0.2, 0) is 6.18 Å². The van der Waals surface area contributed by atoms with Crippen LogP contribution in [0.1, 0.15) is 24.8 Å². The van der Waals surface area contributed by atoms with Gasteiger partial charge in [0, 0.05) is 6.07 Å². The molecule has 2 aliphatic rings. The second-order valence-corrected chi connectivity index (χ2v) is 6.78. The molecule has 1 aliphatic carbocycles. The van der Waals surface area contributed by atoms with Gasteiger partial charge in [-0.05, 0) is 31.4 Å². The lowest BCUT2D eigenvalue weighted by Crippen LogP contribution is -2.50. The van der Waals surface area contributed by atoms with Gasteiger partial charge in [-0.15, -0.1) is 0 Å². The molecule has 4 nitrogen and oxygen atoms in total. The van der Waals surface area contributed by atoms with Gasteiger partial charge in [0.15, 0.2) is 5.75 Å². The fraction of sp³-hybridized carbons (Fsp3) is 0.471. The maximum atomic E-state index is 13.5. The van der Waals surface area contributed by atoms with Crippen molar-refractivity contribution in [1.29, 1.82) is 0 Å². The van der Waals surface area contributed by atoms with E-state index in [1.165, 1.54) is 12.1 Å². The van der Waals surface area contributed by atoms with Gasteiger partial charge < -0.3 is 14.6 Å². The first kappa shape index (κ1) is 18.0. The van der Waals surface area contributed by atoms with E-state index in [-0.39, 0.29) is 17.0 Å². The largest absolute Gasteiger partial charge is 0.485 e. The zero-order chi connectivity index (χ0) is 19.6. The number of hydrogen-bond donors (Lipinski definition) is 1. The van der Waals surface area contributed by atoms with Gasteiger partial charge in [0.2, 0.25) is 5.56 Å². The molecule has 1 aromatic carbocycles. The Morgan fingerprint density at radius 1 is 1.15 bits per heavy atom. The molecule has 0 radical (unpaired) electrons. The molecule has 0 spiro atoms. The van der Waals surface area contributed by atoms with Crippen molar-refractivity contribution in [3.05, 3.63) is 34.1 Å². The number of aromatic amines is 1. The van der Waals surface area contributed by atoms with Gasteiger partial charge in [0.05, 0.1) is 28.2 Å². The van der Waals surface area contributed by atoms with Crippen LogP contribution >= 0.6 is 0 Å². The molecule has 1 saturated carbocycles. The molecule has 1 aromatic heterocycles. The highest BCUT2D eigenvalue weighted by Crippen LogP contribution is 2.48. The Balaban J connectivity index is 1.99. The van der Waals surface area contributed by atoms with Crippen molar-refractivity contribution >= 4 is 16.6 Å². The Bertz CT molecular complexity index is 949. The van der Waals surface area contributed by atoms with Gasteiger partial charge in [0.25, 0.3) is 0 Å². The fourth-order valence-corrected chi connectivity index (χ4v) is 4.01. The number of nitrogens with one attached hydrogen (secondary N) is 1. The number of nitrogens with zero attached hydrogens (tertiary/aromatic N) is 1. The number of halogens is 6. The van der Waals surface area contributed by atoms with E-state index in [1.807, 2.05) is 0 Å². The van der Waals surface area contributed by atoms with E-state index in [0.717, 1.165) is 4.90 Å². The standard InChI is InChI=1S/C17H14F6N2O2/c18-16(19,20)7-25-10-2-1-3-12(10)27-15-11(25)5-4-9-14(15)8(17(21,22)23)6-13(26)24-9/h4-6,10,12H,1-3,7H2,(H,24,26). The van der Waals surface area contributed by atoms with E-state index >= 15 is 0 Å². The summed E-state index contributed by atoms with van der Waals surface area (Å²) in [6, 6.07) is 2.32. The molecule has 2 heterocycles. The predicted molar refractivity (Wildman–Crippen MR) is 85.0 cm³/mol. The van der Waals surface area contributed by atoms with Gasteiger partial charge in [0.1, 0.15) is 12.6 Å². The third-order valence-corrected chi connectivity index (χ3v) is 4.99. The summed E-state index contributed by atoms with van der Waals surface area (Å²) in [6.07, 6.45) is -8.45. The number of anilines is 1. The average molecular weight is 392 g/mol. The van der Waals surface area contributed by atoms with Crippen LogP contribution in [0.15, 0.2) is 23.0 Å². The summed E-state index contributed by atoms with van der Waals surface area (Å²) in [5.41, 5.74) is -2.34. The number of H-pyrrole nitrogens is 1. The highest BCUT2D eigenvalue weighted by Gasteiger charge is 2.45. The van der Waals surface area contributed by atoms with Crippen LogP contribution < -0.4 is 15.2 Å². The SMILES string of the molecule is O=c1cc(C(F)(F)F)c2c3c(ccc2[nH]1)N(CC(F)(F)F)C1CCCC1O3. The first-order valence-electron chi connectivity index (χ1n) is 8.32. The molecule has 4 rings (SSSR count). The van der Waals surface area contributed by atoms with E-state index in [4.69, 9.17) is 4.74 Å². The molecule has 1 aliphatic heterocycles. The minimum atomic E-state index is -4.85. The predicted octanol–water partition coefficient (Wildman–Crippen LogP) is 4.23. The van der Waals surface area contributed by atoms with Crippen molar-refractivity contribution < 1.29 is 31.1 Å². The Labute approximate surface area is 148 Å². The highest BCUT2D eigenvalue weighted by atomic mass is 19.4. The van der Waals surface area contributed by atoms with Crippen LogP contribution in [0, 0.1) is 0 Å². The monoisotopic (exact) mass is 392 g/mol. The van der Waals surface area contributed by atoms with Crippen molar-refractivity contribution in [2.75, 3.05) is 11.4 Å². The lowest BCUT2D eigenvalue weighted by molar-refractivity contribution is -0.136. The number of benzene rings is 1. The Morgan fingerprint density at radius 3 is 2.56 bits per heavy atom. The molecule has 0 saturated heterocycles. The zero-order valence-corrected chi connectivity index (χ0v) is 13.7. The second kappa shape index (κ2) is 5.80. The highest BCUT2D eigenvalue weighted by molar-refractivity contribution is 5.94. The minimum absolute atomic E-state index is 0.0412. The number of rotatable bonds is 1. The first-order valence-corrected chi connectivity index (χ1v) is 8.32. The molecule has 0 amide bonds. The third-order valence-electron chi connectivity index (χ3n) is 4.99. The average Bonchev–Trinajstić information content (AvgIpc) is 2.99. The van der Waals surface area contributed by atoms with Gasteiger partial charge >= 0.3 is 12.4 Å². The maximum absolute atomic E-state index is 13.5. The lowest BCUT2D eigenvalue weighted by atomic mass is 10.0. The summed E-state index contributed by atoms with van der Waals surface area (Å²) < 4.78 is 85.6. The van der Waals surface area contributed by atoms with Gasteiger partial charge in [-0.3, -0.25) is 4.79 Å². The molecule has 146 valence electrons. The maximum Gasteiger partial charge on any atom is 0.417 e. The molecule has 2 unspecified atom stereocenters. The molecule has 0 bridgehead atoms. The summed E-state index contributed by atoms with van der Waals surface area (Å²) in [5, 5.41) is -0.419. The molecular formula is C17H14F6N2O2. The molecule has 2 atom stereocenters. The Morgan fingerprint density at radius 2 is 1.89 bits per heavy atom. The second-order valence-electron chi connectivity index (χ2n) is 6.78. The van der Waals surface area contributed by atoms with Crippen LogP contribution in [0.25, 0.3) is 10.9 Å². The summed E-state index contributed by atoms with van der Waals surface area (Å²) in [6.45, 7) is -1.28. The van der Waals surface area contributed by atoms with Crippen molar-refractivity contribution in [3.63, 3.8) is 0 Å². The molecule has 2 aromatic rings. The summed E-state index contributed by atoms with van der Waals surface area (Å²) >= 11 is 0. The number of pyridine rings is 1. The number of hydrogen-bond acceptors (Lipinski definition) is 3. The van der Waals surface area contributed by atoms with Crippen molar-refractivity contribution in [2.24, 2.45) is 0 Å². The van der Waals surface area contributed by atoms with Gasteiger partial charge in [-0.1, -0.05) is 0 Å².